The summed E-state index contributed by atoms with van der Waals surface area (Å²) in [6, 6.07) is 10.1. The largest absolute Gasteiger partial charge is 0.497 e. The van der Waals surface area contributed by atoms with Gasteiger partial charge in [-0.1, -0.05) is 19.4 Å². The fraction of sp³-hybridized carbons (Fsp3) is 0.357. The maximum Gasteiger partial charge on any atom is 0.417 e. The molecule has 0 saturated heterocycles. The predicted molar refractivity (Wildman–Crippen MR) is 139 cm³/mol. The van der Waals surface area contributed by atoms with Gasteiger partial charge in [0.25, 0.3) is 0 Å². The molecule has 208 valence electrons. The van der Waals surface area contributed by atoms with Crippen molar-refractivity contribution in [1.82, 2.24) is 9.13 Å². The summed E-state index contributed by atoms with van der Waals surface area (Å²) >= 11 is 0. The first kappa shape index (κ1) is 27.9. The van der Waals surface area contributed by atoms with E-state index in [0.717, 1.165) is 0 Å². The van der Waals surface area contributed by atoms with Crippen LogP contribution in [0.5, 0.6) is 17.4 Å². The van der Waals surface area contributed by atoms with Crippen molar-refractivity contribution in [2.24, 2.45) is 0 Å². The molecule has 8 nitrogen and oxygen atoms in total. The number of aromatic nitrogens is 2. The van der Waals surface area contributed by atoms with Gasteiger partial charge in [0.1, 0.15) is 17.1 Å². The first-order chi connectivity index (χ1) is 18.6. The Balaban J connectivity index is 1.40. The molecule has 0 spiro atoms. The summed E-state index contributed by atoms with van der Waals surface area (Å²) < 4.78 is 59.3. The lowest BCUT2D eigenvalue weighted by Crippen LogP contribution is -2.23. The van der Waals surface area contributed by atoms with E-state index in [1.807, 2.05) is 6.92 Å². The summed E-state index contributed by atoms with van der Waals surface area (Å²) in [7, 11) is 1.53. The summed E-state index contributed by atoms with van der Waals surface area (Å²) in [6.45, 7) is 2.44. The van der Waals surface area contributed by atoms with E-state index in [2.05, 4.69) is 0 Å². The molecule has 0 aliphatic rings. The molecule has 0 fully saturated rings. The third-order valence-corrected chi connectivity index (χ3v) is 6.35. The molecule has 0 unspecified atom stereocenters. The molecule has 1 N–H and O–H groups in total. The number of nitrogens with zero attached hydrogens (tertiary/aromatic N) is 2. The van der Waals surface area contributed by atoms with Gasteiger partial charge in [-0.25, -0.2) is 9.59 Å². The summed E-state index contributed by atoms with van der Waals surface area (Å²) in [4.78, 5) is 24.7. The maximum absolute atomic E-state index is 13.5. The van der Waals surface area contributed by atoms with Crippen molar-refractivity contribution in [3.63, 3.8) is 0 Å². The molecule has 39 heavy (non-hydrogen) atoms. The van der Waals surface area contributed by atoms with Crippen LogP contribution in [-0.2, 0) is 19.1 Å². The lowest BCUT2D eigenvalue weighted by atomic mass is 10.0. The molecule has 4 rings (SSSR count). The Morgan fingerprint density at radius 3 is 2.56 bits per heavy atom. The van der Waals surface area contributed by atoms with Crippen molar-refractivity contribution in [3.8, 4) is 23.1 Å². The van der Waals surface area contributed by atoms with E-state index in [1.54, 1.807) is 24.3 Å². The average molecular weight is 547 g/mol. The third-order valence-electron chi connectivity index (χ3n) is 6.35. The Labute approximate surface area is 221 Å². The zero-order valence-corrected chi connectivity index (χ0v) is 21.6. The minimum atomic E-state index is -4.69. The Kier molecular flexibility index (Phi) is 8.37. The van der Waals surface area contributed by atoms with Crippen LogP contribution >= 0.6 is 0 Å². The average Bonchev–Trinajstić information content (AvgIpc) is 3.19. The van der Waals surface area contributed by atoms with Gasteiger partial charge in [-0.05, 0) is 49.9 Å². The maximum atomic E-state index is 13.5. The van der Waals surface area contributed by atoms with E-state index < -0.39 is 17.4 Å². The summed E-state index contributed by atoms with van der Waals surface area (Å²) in [5.41, 5.74) is -1.59. The second-order valence-electron chi connectivity index (χ2n) is 9.05. The standard InChI is InChI=1S/C28H29F3N2O6/c1-3-8-21-23(12-11-20-22(28(29,30)31)16-25(35)39-26(20)21)38-14-6-4-5-13-32-24(34)17-33(27(32)36)18-9-7-10-19(15-18)37-2/h7,9-12,15-17,34H,3-6,8,13-14H2,1-2H3. The van der Waals surface area contributed by atoms with Gasteiger partial charge in [0, 0.05) is 29.6 Å². The molecule has 0 aliphatic heterocycles. The minimum Gasteiger partial charge on any atom is -0.497 e. The monoisotopic (exact) mass is 546 g/mol. The van der Waals surface area contributed by atoms with E-state index in [-0.39, 0.29) is 29.1 Å². The van der Waals surface area contributed by atoms with Gasteiger partial charge in [0.2, 0.25) is 5.88 Å². The van der Waals surface area contributed by atoms with Gasteiger partial charge in [0.05, 0.1) is 31.2 Å². The molecule has 0 amide bonds. The smallest absolute Gasteiger partial charge is 0.417 e. The molecule has 0 bridgehead atoms. The molecule has 0 saturated carbocycles. The van der Waals surface area contributed by atoms with Crippen LogP contribution in [0.3, 0.4) is 0 Å². The van der Waals surface area contributed by atoms with Crippen molar-refractivity contribution in [2.75, 3.05) is 13.7 Å². The fourth-order valence-corrected chi connectivity index (χ4v) is 4.48. The highest BCUT2D eigenvalue weighted by Crippen LogP contribution is 2.37. The minimum absolute atomic E-state index is 0.107. The van der Waals surface area contributed by atoms with E-state index in [0.29, 0.717) is 67.5 Å². The highest BCUT2D eigenvalue weighted by Gasteiger charge is 2.34. The number of fused-ring (bicyclic) bond motifs is 1. The number of aryl methyl sites for hydroxylation is 1. The molecule has 2 aromatic heterocycles. The van der Waals surface area contributed by atoms with Crippen LogP contribution in [-0.4, -0.2) is 28.0 Å². The summed E-state index contributed by atoms with van der Waals surface area (Å²) in [5.74, 6) is 0.804. The molecule has 4 aromatic rings. The second kappa shape index (κ2) is 11.7. The van der Waals surface area contributed by atoms with Gasteiger partial charge in [-0.15, -0.1) is 0 Å². The molecular formula is C28H29F3N2O6. The third kappa shape index (κ3) is 6.13. The van der Waals surface area contributed by atoms with Gasteiger partial charge in [-0.2, -0.15) is 13.2 Å². The van der Waals surface area contributed by atoms with Crippen LogP contribution in [0.15, 0.2) is 62.7 Å². The number of ether oxygens (including phenoxy) is 2. The number of hydrogen-bond acceptors (Lipinski definition) is 6. The Hall–Kier alpha value is -4.15. The predicted octanol–water partition coefficient (Wildman–Crippen LogP) is 5.68. The Bertz CT molecular complexity index is 1570. The topological polar surface area (TPSA) is 95.8 Å². The van der Waals surface area contributed by atoms with Crippen LogP contribution in [0.4, 0.5) is 13.2 Å². The van der Waals surface area contributed by atoms with Crippen LogP contribution in [0.25, 0.3) is 16.7 Å². The number of rotatable bonds is 11. The zero-order chi connectivity index (χ0) is 28.2. The van der Waals surface area contributed by atoms with E-state index >= 15 is 0 Å². The van der Waals surface area contributed by atoms with Gasteiger partial charge in [0.15, 0.2) is 0 Å². The second-order valence-corrected chi connectivity index (χ2v) is 9.05. The van der Waals surface area contributed by atoms with Crippen LogP contribution in [0.2, 0.25) is 0 Å². The number of benzene rings is 2. The highest BCUT2D eigenvalue weighted by atomic mass is 19.4. The van der Waals surface area contributed by atoms with E-state index in [9.17, 15) is 27.9 Å². The summed E-state index contributed by atoms with van der Waals surface area (Å²) in [5, 5.41) is 10.1. The molecular weight excluding hydrogens is 517 g/mol. The SMILES string of the molecule is CCCc1c(OCCCCCn2c(O)cn(-c3cccc(OC)c3)c2=O)ccc2c(C(F)(F)F)cc(=O)oc12. The molecule has 0 atom stereocenters. The normalized spacial score (nSPS) is 11.7. The van der Waals surface area contributed by atoms with Crippen LogP contribution in [0.1, 0.15) is 43.7 Å². The number of alkyl halides is 3. The highest BCUT2D eigenvalue weighted by molar-refractivity contribution is 5.85. The number of unbranched alkanes of at least 4 members (excludes halogenated alkanes) is 2. The van der Waals surface area contributed by atoms with E-state index in [4.69, 9.17) is 13.9 Å². The fourth-order valence-electron chi connectivity index (χ4n) is 4.48. The van der Waals surface area contributed by atoms with Gasteiger partial charge < -0.3 is 19.0 Å². The van der Waals surface area contributed by atoms with Crippen molar-refractivity contribution in [1.29, 1.82) is 0 Å². The number of halogens is 3. The van der Waals surface area contributed by atoms with Crippen molar-refractivity contribution < 1.29 is 32.2 Å². The first-order valence-corrected chi connectivity index (χ1v) is 12.6. The number of methoxy groups -OCH3 is 1. The zero-order valence-electron chi connectivity index (χ0n) is 21.6. The molecule has 2 aromatic carbocycles. The number of imidazole rings is 1. The van der Waals surface area contributed by atoms with Crippen molar-refractivity contribution >= 4 is 11.0 Å². The molecule has 2 heterocycles. The summed E-state index contributed by atoms with van der Waals surface area (Å²) in [6.07, 6.45) is -0.486. The number of aromatic hydroxyl groups is 1. The van der Waals surface area contributed by atoms with Crippen molar-refractivity contribution in [2.45, 2.75) is 51.7 Å². The van der Waals surface area contributed by atoms with Crippen LogP contribution < -0.4 is 20.8 Å². The number of hydrogen-bond donors (Lipinski definition) is 1. The Morgan fingerprint density at radius 2 is 1.85 bits per heavy atom. The van der Waals surface area contributed by atoms with Gasteiger partial charge in [-0.3, -0.25) is 9.13 Å². The molecule has 0 aliphatic carbocycles. The Morgan fingerprint density at radius 1 is 1.05 bits per heavy atom. The lowest BCUT2D eigenvalue weighted by Gasteiger charge is -2.15. The van der Waals surface area contributed by atoms with Crippen molar-refractivity contribution in [3.05, 3.63) is 80.7 Å². The first-order valence-electron chi connectivity index (χ1n) is 12.6. The molecule has 0 radical (unpaired) electrons. The van der Waals surface area contributed by atoms with Gasteiger partial charge >= 0.3 is 17.5 Å². The lowest BCUT2D eigenvalue weighted by molar-refractivity contribution is -0.136. The van der Waals surface area contributed by atoms with Crippen LogP contribution in [0, 0.1) is 0 Å². The van der Waals surface area contributed by atoms with E-state index in [1.165, 1.54) is 34.6 Å². The molecule has 11 heteroatoms. The quantitative estimate of drug-likeness (QED) is 0.192.